The van der Waals surface area contributed by atoms with Gasteiger partial charge in [0.05, 0.1) is 16.6 Å². The zero-order valence-electron chi connectivity index (χ0n) is 13.5. The van der Waals surface area contributed by atoms with E-state index in [0.29, 0.717) is 17.8 Å². The highest BCUT2D eigenvalue weighted by atomic mass is 16.5. The highest BCUT2D eigenvalue weighted by molar-refractivity contribution is 6.06. The van der Waals surface area contributed by atoms with Crippen LogP contribution >= 0.6 is 0 Å². The fourth-order valence-electron chi connectivity index (χ4n) is 2.96. The molecule has 0 unspecified atom stereocenters. The number of rotatable bonds is 2. The van der Waals surface area contributed by atoms with E-state index in [1.807, 2.05) is 31.7 Å². The molecule has 3 heterocycles. The lowest BCUT2D eigenvalue weighted by Crippen LogP contribution is -2.52. The van der Waals surface area contributed by atoms with Crippen LogP contribution in [0.1, 0.15) is 48.4 Å². The van der Waals surface area contributed by atoms with E-state index in [1.165, 1.54) is 0 Å². The molecular formula is C16H22N4O2. The average Bonchev–Trinajstić information content (AvgIpc) is 2.90. The van der Waals surface area contributed by atoms with Gasteiger partial charge >= 0.3 is 0 Å². The van der Waals surface area contributed by atoms with E-state index >= 15 is 0 Å². The molecule has 3 rings (SSSR count). The van der Waals surface area contributed by atoms with Crippen LogP contribution in [0.4, 0.5) is 0 Å². The Morgan fingerprint density at radius 3 is 2.95 bits per heavy atom. The smallest absolute Gasteiger partial charge is 0.259 e. The number of nitrogens with zero attached hydrogens (tertiary/aromatic N) is 3. The molecule has 6 nitrogen and oxygen atoms in total. The van der Waals surface area contributed by atoms with Gasteiger partial charge in [0.1, 0.15) is 0 Å². The number of piperazine rings is 1. The molecular weight excluding hydrogens is 280 g/mol. The molecule has 2 aromatic rings. The van der Waals surface area contributed by atoms with E-state index in [-0.39, 0.29) is 17.9 Å². The fourth-order valence-corrected chi connectivity index (χ4v) is 2.96. The Kier molecular flexibility index (Phi) is 3.87. The van der Waals surface area contributed by atoms with E-state index in [2.05, 4.69) is 22.4 Å². The molecule has 1 N–H and O–H groups in total. The minimum absolute atomic E-state index is 0.0367. The summed E-state index contributed by atoms with van der Waals surface area (Å²) in [7, 11) is 0. The molecule has 0 radical (unpaired) electrons. The molecule has 1 aliphatic rings. The van der Waals surface area contributed by atoms with Gasteiger partial charge in [-0.1, -0.05) is 19.0 Å². The first kappa shape index (κ1) is 15.0. The van der Waals surface area contributed by atoms with Crippen LogP contribution in [0.15, 0.2) is 10.6 Å². The number of carbonyl (C=O) groups excluding carboxylic acids is 1. The summed E-state index contributed by atoms with van der Waals surface area (Å²) in [5, 5.41) is 8.19. The van der Waals surface area contributed by atoms with E-state index in [9.17, 15) is 4.79 Å². The predicted octanol–water partition coefficient (Wildman–Crippen LogP) is 2.09. The standard InChI is InChI=1S/C16H22N4O2/c1-9(2)14-13-12(7-10(3)18-15(13)22-19-14)16(21)20-6-5-17-8-11(20)4/h7,9,11,17H,5-6,8H2,1-4H3/t11-/m1/s1. The van der Waals surface area contributed by atoms with Crippen LogP contribution in [-0.4, -0.2) is 46.6 Å². The Labute approximate surface area is 129 Å². The van der Waals surface area contributed by atoms with Gasteiger partial charge in [0, 0.05) is 31.4 Å². The Morgan fingerprint density at radius 2 is 2.27 bits per heavy atom. The monoisotopic (exact) mass is 302 g/mol. The number of aromatic nitrogens is 2. The van der Waals surface area contributed by atoms with E-state index in [0.717, 1.165) is 29.9 Å². The lowest BCUT2D eigenvalue weighted by Gasteiger charge is -2.34. The summed E-state index contributed by atoms with van der Waals surface area (Å²) in [5.41, 5.74) is 2.68. The van der Waals surface area contributed by atoms with Gasteiger partial charge in [-0.15, -0.1) is 0 Å². The number of hydrogen-bond acceptors (Lipinski definition) is 5. The van der Waals surface area contributed by atoms with Crippen LogP contribution in [-0.2, 0) is 0 Å². The van der Waals surface area contributed by atoms with Crippen molar-refractivity contribution in [1.82, 2.24) is 20.4 Å². The minimum atomic E-state index is 0.0367. The molecule has 22 heavy (non-hydrogen) atoms. The lowest BCUT2D eigenvalue weighted by atomic mass is 10.0. The highest BCUT2D eigenvalue weighted by Crippen LogP contribution is 2.28. The number of fused-ring (bicyclic) bond motifs is 1. The Balaban J connectivity index is 2.12. The molecule has 0 aromatic carbocycles. The zero-order chi connectivity index (χ0) is 15.9. The third kappa shape index (κ3) is 2.47. The number of hydrogen-bond donors (Lipinski definition) is 1. The van der Waals surface area contributed by atoms with Gasteiger partial charge in [0.15, 0.2) is 0 Å². The van der Waals surface area contributed by atoms with Crippen molar-refractivity contribution >= 4 is 17.0 Å². The van der Waals surface area contributed by atoms with Crippen molar-refractivity contribution in [3.63, 3.8) is 0 Å². The topological polar surface area (TPSA) is 71.3 Å². The summed E-state index contributed by atoms with van der Waals surface area (Å²) in [4.78, 5) is 19.3. The average molecular weight is 302 g/mol. The molecule has 2 aromatic heterocycles. The third-order valence-electron chi connectivity index (χ3n) is 4.14. The summed E-state index contributed by atoms with van der Waals surface area (Å²) >= 11 is 0. The molecule has 1 amide bonds. The van der Waals surface area contributed by atoms with Crippen molar-refractivity contribution in [3.8, 4) is 0 Å². The van der Waals surface area contributed by atoms with Crippen molar-refractivity contribution < 1.29 is 9.32 Å². The molecule has 0 spiro atoms. The number of aryl methyl sites for hydroxylation is 1. The third-order valence-corrected chi connectivity index (χ3v) is 4.14. The molecule has 118 valence electrons. The van der Waals surface area contributed by atoms with Gasteiger partial charge < -0.3 is 14.7 Å². The predicted molar refractivity (Wildman–Crippen MR) is 84.0 cm³/mol. The SMILES string of the molecule is Cc1cc(C(=O)N2CCNC[C@H]2C)c2c(C(C)C)noc2n1. The normalized spacial score (nSPS) is 19.1. The summed E-state index contributed by atoms with van der Waals surface area (Å²) in [6.07, 6.45) is 0. The van der Waals surface area contributed by atoms with Crippen LogP contribution in [0.25, 0.3) is 11.1 Å². The van der Waals surface area contributed by atoms with Crippen molar-refractivity contribution in [2.75, 3.05) is 19.6 Å². The van der Waals surface area contributed by atoms with Crippen LogP contribution in [0.5, 0.6) is 0 Å². The van der Waals surface area contributed by atoms with E-state index in [4.69, 9.17) is 4.52 Å². The van der Waals surface area contributed by atoms with Gasteiger partial charge in [-0.2, -0.15) is 0 Å². The Bertz CT molecular complexity index is 707. The number of nitrogens with one attached hydrogen (secondary N) is 1. The second-order valence-electron chi connectivity index (χ2n) is 6.27. The van der Waals surface area contributed by atoms with Crippen molar-refractivity contribution in [2.24, 2.45) is 0 Å². The number of pyridine rings is 1. The summed E-state index contributed by atoms with van der Waals surface area (Å²) in [6, 6.07) is 2.02. The van der Waals surface area contributed by atoms with Crippen LogP contribution in [0.2, 0.25) is 0 Å². The maximum absolute atomic E-state index is 13.1. The van der Waals surface area contributed by atoms with Gasteiger partial charge in [-0.3, -0.25) is 4.79 Å². The first-order chi connectivity index (χ1) is 10.5. The fraction of sp³-hybridized carbons (Fsp3) is 0.562. The molecule has 0 saturated carbocycles. The van der Waals surface area contributed by atoms with Gasteiger partial charge in [0.2, 0.25) is 0 Å². The first-order valence-corrected chi connectivity index (χ1v) is 7.77. The van der Waals surface area contributed by atoms with E-state index in [1.54, 1.807) is 0 Å². The van der Waals surface area contributed by atoms with Gasteiger partial charge in [0.25, 0.3) is 11.6 Å². The van der Waals surface area contributed by atoms with Crippen molar-refractivity contribution in [3.05, 3.63) is 23.0 Å². The molecule has 1 aliphatic heterocycles. The molecule has 0 aliphatic carbocycles. The highest BCUT2D eigenvalue weighted by Gasteiger charge is 2.28. The van der Waals surface area contributed by atoms with Crippen LogP contribution < -0.4 is 5.32 Å². The summed E-state index contributed by atoms with van der Waals surface area (Å²) < 4.78 is 5.35. The molecule has 0 bridgehead atoms. The first-order valence-electron chi connectivity index (χ1n) is 7.77. The van der Waals surface area contributed by atoms with Crippen LogP contribution in [0, 0.1) is 6.92 Å². The Morgan fingerprint density at radius 1 is 1.50 bits per heavy atom. The van der Waals surface area contributed by atoms with Gasteiger partial charge in [-0.25, -0.2) is 4.98 Å². The molecule has 1 fully saturated rings. The quantitative estimate of drug-likeness (QED) is 0.919. The second kappa shape index (κ2) is 5.68. The largest absolute Gasteiger partial charge is 0.335 e. The van der Waals surface area contributed by atoms with Crippen molar-refractivity contribution in [1.29, 1.82) is 0 Å². The summed E-state index contributed by atoms with van der Waals surface area (Å²) in [6.45, 7) is 10.4. The second-order valence-corrected chi connectivity index (χ2v) is 6.27. The van der Waals surface area contributed by atoms with Crippen molar-refractivity contribution in [2.45, 2.75) is 39.7 Å². The molecule has 1 atom stereocenters. The van der Waals surface area contributed by atoms with Gasteiger partial charge in [-0.05, 0) is 25.8 Å². The maximum atomic E-state index is 13.1. The lowest BCUT2D eigenvalue weighted by molar-refractivity contribution is 0.0657. The maximum Gasteiger partial charge on any atom is 0.259 e. The summed E-state index contributed by atoms with van der Waals surface area (Å²) in [5.74, 6) is 0.215. The van der Waals surface area contributed by atoms with Crippen LogP contribution in [0.3, 0.4) is 0 Å². The minimum Gasteiger partial charge on any atom is -0.335 e. The number of carbonyl (C=O) groups is 1. The molecule has 1 saturated heterocycles. The number of amides is 1. The molecule has 6 heteroatoms. The Hall–Kier alpha value is -1.95. The zero-order valence-corrected chi connectivity index (χ0v) is 13.5. The van der Waals surface area contributed by atoms with E-state index < -0.39 is 0 Å².